The van der Waals surface area contributed by atoms with Gasteiger partial charge in [-0.25, -0.2) is 4.39 Å². The van der Waals surface area contributed by atoms with Gasteiger partial charge in [0.2, 0.25) is 0 Å². The molecule has 0 atom stereocenters. The Labute approximate surface area is 66.8 Å². The molecule has 44 valence electrons. The third kappa shape index (κ3) is 2.71. The molecule has 0 saturated carbocycles. The number of hydrogen-bond donors (Lipinski definition) is 0. The zero-order valence-corrected chi connectivity index (χ0v) is 8.36. The van der Waals surface area contributed by atoms with Crippen molar-refractivity contribution in [3.8, 4) is 0 Å². The zero-order chi connectivity index (χ0) is 5.98. The van der Waals surface area contributed by atoms with Crippen molar-refractivity contribution in [3.05, 3.63) is 35.6 Å². The standard InChI is InChI=1S/C7H7F.Zn/c1-6-3-2-4-7(8)5-6;/h2-5H,1H3;. The molecule has 1 rings (SSSR count). The molecule has 0 amide bonds. The first-order valence-corrected chi connectivity index (χ1v) is 2.51. The molecule has 0 aliphatic carbocycles. The fourth-order valence-electron chi connectivity index (χ4n) is 0.606. The van der Waals surface area contributed by atoms with E-state index in [2.05, 4.69) is 0 Å². The fourth-order valence-corrected chi connectivity index (χ4v) is 0.606. The predicted octanol–water partition coefficient (Wildman–Crippen LogP) is 2.13. The molecular formula is C7H7FZn. The van der Waals surface area contributed by atoms with Crippen molar-refractivity contribution in [3.63, 3.8) is 0 Å². The second-order valence-corrected chi connectivity index (χ2v) is 1.80. The average Bonchev–Trinajstić information content (AvgIpc) is 1.64. The van der Waals surface area contributed by atoms with E-state index in [4.69, 9.17) is 0 Å². The monoisotopic (exact) mass is 174 g/mol. The van der Waals surface area contributed by atoms with Gasteiger partial charge in [-0.05, 0) is 24.6 Å². The van der Waals surface area contributed by atoms with Crippen molar-refractivity contribution >= 4 is 0 Å². The van der Waals surface area contributed by atoms with E-state index in [-0.39, 0.29) is 25.3 Å². The third-order valence-electron chi connectivity index (χ3n) is 0.980. The Kier molecular flexibility index (Phi) is 3.64. The molecule has 0 fully saturated rings. The van der Waals surface area contributed by atoms with E-state index in [1.807, 2.05) is 13.0 Å². The Morgan fingerprint density at radius 1 is 1.33 bits per heavy atom. The molecule has 9 heavy (non-hydrogen) atoms. The van der Waals surface area contributed by atoms with E-state index in [0.717, 1.165) is 5.56 Å². The van der Waals surface area contributed by atoms with Gasteiger partial charge < -0.3 is 0 Å². The van der Waals surface area contributed by atoms with E-state index in [9.17, 15) is 4.39 Å². The van der Waals surface area contributed by atoms with Gasteiger partial charge in [0.1, 0.15) is 5.82 Å². The molecule has 0 heterocycles. The Hall–Kier alpha value is -0.227. The van der Waals surface area contributed by atoms with Gasteiger partial charge in [0.15, 0.2) is 0 Å². The van der Waals surface area contributed by atoms with Crippen LogP contribution in [0.25, 0.3) is 0 Å². The topological polar surface area (TPSA) is 0 Å². The van der Waals surface area contributed by atoms with Crippen LogP contribution in [0.2, 0.25) is 0 Å². The van der Waals surface area contributed by atoms with Gasteiger partial charge in [0, 0.05) is 19.5 Å². The summed E-state index contributed by atoms with van der Waals surface area (Å²) < 4.78 is 12.2. The van der Waals surface area contributed by atoms with Crippen LogP contribution < -0.4 is 0 Å². The second-order valence-electron chi connectivity index (χ2n) is 1.80. The molecule has 0 aromatic heterocycles. The molecular weight excluding hydrogens is 168 g/mol. The van der Waals surface area contributed by atoms with Crippen molar-refractivity contribution < 1.29 is 23.9 Å². The smallest absolute Gasteiger partial charge is 0.123 e. The van der Waals surface area contributed by atoms with Crippen LogP contribution in [0, 0.1) is 12.7 Å². The fraction of sp³-hybridized carbons (Fsp3) is 0.143. The normalized spacial score (nSPS) is 8.22. The Morgan fingerprint density at radius 2 is 2.00 bits per heavy atom. The molecule has 0 spiro atoms. The van der Waals surface area contributed by atoms with Crippen LogP contribution in [-0.4, -0.2) is 0 Å². The van der Waals surface area contributed by atoms with Gasteiger partial charge in [-0.15, -0.1) is 0 Å². The summed E-state index contributed by atoms with van der Waals surface area (Å²) in [4.78, 5) is 0. The van der Waals surface area contributed by atoms with Crippen LogP contribution in [-0.2, 0) is 19.5 Å². The van der Waals surface area contributed by atoms with Crippen molar-refractivity contribution in [2.75, 3.05) is 0 Å². The molecule has 0 radical (unpaired) electrons. The summed E-state index contributed by atoms with van der Waals surface area (Å²) in [7, 11) is 0. The SMILES string of the molecule is Cc1cccc(F)c1.[Zn]. The van der Waals surface area contributed by atoms with Gasteiger partial charge in [0.25, 0.3) is 0 Å². The van der Waals surface area contributed by atoms with Gasteiger partial charge in [-0.1, -0.05) is 12.1 Å². The molecule has 1 aromatic carbocycles. The summed E-state index contributed by atoms with van der Waals surface area (Å²) in [6.07, 6.45) is 0. The average molecular weight is 176 g/mol. The summed E-state index contributed by atoms with van der Waals surface area (Å²) >= 11 is 0. The van der Waals surface area contributed by atoms with E-state index < -0.39 is 0 Å². The first-order valence-electron chi connectivity index (χ1n) is 2.51. The van der Waals surface area contributed by atoms with Crippen LogP contribution in [0.4, 0.5) is 4.39 Å². The van der Waals surface area contributed by atoms with E-state index in [0.29, 0.717) is 0 Å². The Balaban J connectivity index is 0.000000640. The number of hydrogen-bond acceptors (Lipinski definition) is 0. The van der Waals surface area contributed by atoms with Gasteiger partial charge >= 0.3 is 0 Å². The van der Waals surface area contributed by atoms with E-state index in [1.165, 1.54) is 12.1 Å². The number of halogens is 1. The summed E-state index contributed by atoms with van der Waals surface area (Å²) in [5.41, 5.74) is 0.963. The minimum atomic E-state index is -0.162. The quantitative estimate of drug-likeness (QED) is 0.530. The second kappa shape index (κ2) is 3.73. The van der Waals surface area contributed by atoms with E-state index in [1.54, 1.807) is 6.07 Å². The Bertz CT molecular complexity index is 169. The van der Waals surface area contributed by atoms with Crippen molar-refractivity contribution in [2.45, 2.75) is 6.92 Å². The summed E-state index contributed by atoms with van der Waals surface area (Å²) in [6.45, 7) is 1.86. The van der Waals surface area contributed by atoms with E-state index >= 15 is 0 Å². The van der Waals surface area contributed by atoms with Crippen LogP contribution in [0.5, 0.6) is 0 Å². The maximum absolute atomic E-state index is 12.2. The van der Waals surface area contributed by atoms with Crippen molar-refractivity contribution in [2.24, 2.45) is 0 Å². The molecule has 2 heteroatoms. The molecule has 1 aromatic rings. The van der Waals surface area contributed by atoms with Crippen LogP contribution in [0.3, 0.4) is 0 Å². The number of aryl methyl sites for hydroxylation is 1. The third-order valence-corrected chi connectivity index (χ3v) is 0.980. The Morgan fingerprint density at radius 3 is 2.33 bits per heavy atom. The van der Waals surface area contributed by atoms with Crippen LogP contribution >= 0.6 is 0 Å². The molecule has 0 N–H and O–H groups in total. The maximum atomic E-state index is 12.2. The largest absolute Gasteiger partial charge is 0.207 e. The zero-order valence-electron chi connectivity index (χ0n) is 5.39. The summed E-state index contributed by atoms with van der Waals surface area (Å²) in [6, 6.07) is 6.50. The molecule has 0 unspecified atom stereocenters. The molecule has 0 aliphatic heterocycles. The summed E-state index contributed by atoms with van der Waals surface area (Å²) in [5, 5.41) is 0. The number of rotatable bonds is 0. The minimum Gasteiger partial charge on any atom is -0.207 e. The first kappa shape index (κ1) is 8.77. The number of benzene rings is 1. The van der Waals surface area contributed by atoms with Gasteiger partial charge in [0.05, 0.1) is 0 Å². The van der Waals surface area contributed by atoms with Gasteiger partial charge in [-0.2, -0.15) is 0 Å². The van der Waals surface area contributed by atoms with Crippen LogP contribution in [0.1, 0.15) is 5.56 Å². The molecule has 0 nitrogen and oxygen atoms in total. The molecule has 0 bridgehead atoms. The van der Waals surface area contributed by atoms with Crippen LogP contribution in [0.15, 0.2) is 24.3 Å². The minimum absolute atomic E-state index is 0. The van der Waals surface area contributed by atoms with Crippen molar-refractivity contribution in [1.29, 1.82) is 0 Å². The first-order chi connectivity index (χ1) is 3.79. The maximum Gasteiger partial charge on any atom is 0.123 e. The summed E-state index contributed by atoms with van der Waals surface area (Å²) in [5.74, 6) is -0.162. The van der Waals surface area contributed by atoms with Crippen molar-refractivity contribution in [1.82, 2.24) is 0 Å². The van der Waals surface area contributed by atoms with Gasteiger partial charge in [-0.3, -0.25) is 0 Å². The predicted molar refractivity (Wildman–Crippen MR) is 31.1 cm³/mol. The molecule has 0 aliphatic rings. The molecule has 0 saturated heterocycles.